The summed E-state index contributed by atoms with van der Waals surface area (Å²) >= 11 is 12.1. The maximum atomic E-state index is 12.1. The first kappa shape index (κ1) is 14.8. The minimum atomic E-state index is -0.949. The lowest BCUT2D eigenvalue weighted by Crippen LogP contribution is -2.44. The number of hydrogen-bond acceptors (Lipinski definition) is 3. The lowest BCUT2D eigenvalue weighted by Gasteiger charge is -2.30. The highest BCUT2D eigenvalue weighted by molar-refractivity contribution is 6.35. The number of halogens is 2. The molecule has 1 aromatic carbocycles. The second-order valence-electron chi connectivity index (χ2n) is 4.52. The van der Waals surface area contributed by atoms with Crippen molar-refractivity contribution in [1.82, 2.24) is 14.8 Å². The van der Waals surface area contributed by atoms with Crippen molar-refractivity contribution >= 4 is 29.1 Å². The highest BCUT2D eigenvalue weighted by Gasteiger charge is 2.39. The summed E-state index contributed by atoms with van der Waals surface area (Å²) in [5.74, 6) is -0.459. The van der Waals surface area contributed by atoms with Gasteiger partial charge in [-0.3, -0.25) is 9.48 Å². The second kappa shape index (κ2) is 5.81. The van der Waals surface area contributed by atoms with Crippen LogP contribution < -0.4 is 5.73 Å². The molecule has 0 spiro atoms. The van der Waals surface area contributed by atoms with Gasteiger partial charge in [0.2, 0.25) is 5.91 Å². The molecule has 0 aliphatic carbocycles. The maximum Gasteiger partial charge on any atom is 0.230 e. The van der Waals surface area contributed by atoms with Gasteiger partial charge in [0, 0.05) is 10.0 Å². The Morgan fingerprint density at radius 2 is 2.20 bits per heavy atom. The number of carbonyl (C=O) groups excluding carboxylic acids is 1. The fraction of sp³-hybridized carbons (Fsp3) is 0.308. The van der Waals surface area contributed by atoms with Crippen molar-refractivity contribution in [1.29, 1.82) is 0 Å². The van der Waals surface area contributed by atoms with E-state index in [1.54, 1.807) is 22.9 Å². The zero-order valence-electron chi connectivity index (χ0n) is 10.9. The van der Waals surface area contributed by atoms with Crippen LogP contribution in [0.15, 0.2) is 30.9 Å². The molecule has 106 valence electrons. The molecule has 0 aliphatic heterocycles. The predicted octanol–water partition coefficient (Wildman–Crippen LogP) is 2.42. The van der Waals surface area contributed by atoms with Gasteiger partial charge in [-0.25, -0.2) is 4.98 Å². The Kier molecular flexibility index (Phi) is 4.30. The van der Waals surface area contributed by atoms with Gasteiger partial charge in [0.05, 0.1) is 12.0 Å². The van der Waals surface area contributed by atoms with Crippen LogP contribution in [0.3, 0.4) is 0 Å². The molecule has 1 amide bonds. The fourth-order valence-corrected chi connectivity index (χ4v) is 2.83. The van der Waals surface area contributed by atoms with Crippen molar-refractivity contribution in [2.75, 3.05) is 0 Å². The SMILES string of the molecule is CCC(Cn1cncn1)(C(N)=O)c1ccc(Cl)cc1Cl. The van der Waals surface area contributed by atoms with Gasteiger partial charge in [-0.2, -0.15) is 5.10 Å². The van der Waals surface area contributed by atoms with Crippen LogP contribution in [0.1, 0.15) is 18.9 Å². The first-order chi connectivity index (χ1) is 9.49. The van der Waals surface area contributed by atoms with Gasteiger partial charge < -0.3 is 5.73 Å². The Morgan fingerprint density at radius 1 is 1.45 bits per heavy atom. The number of benzene rings is 1. The van der Waals surface area contributed by atoms with E-state index in [-0.39, 0.29) is 6.54 Å². The number of hydrogen-bond donors (Lipinski definition) is 1. The molecule has 7 heteroatoms. The molecule has 0 bridgehead atoms. The van der Waals surface area contributed by atoms with Gasteiger partial charge >= 0.3 is 0 Å². The molecule has 1 atom stereocenters. The molecule has 1 unspecified atom stereocenters. The van der Waals surface area contributed by atoms with Crippen LogP contribution in [0.4, 0.5) is 0 Å². The van der Waals surface area contributed by atoms with Crippen LogP contribution in [-0.2, 0) is 16.8 Å². The van der Waals surface area contributed by atoms with Crippen LogP contribution in [0.5, 0.6) is 0 Å². The Balaban J connectivity index is 2.53. The van der Waals surface area contributed by atoms with Crippen LogP contribution >= 0.6 is 23.2 Å². The molecule has 20 heavy (non-hydrogen) atoms. The minimum Gasteiger partial charge on any atom is -0.369 e. The number of nitrogens with zero attached hydrogens (tertiary/aromatic N) is 3. The number of carbonyl (C=O) groups is 1. The topological polar surface area (TPSA) is 73.8 Å². The highest BCUT2D eigenvalue weighted by Crippen LogP contribution is 2.36. The van der Waals surface area contributed by atoms with Crippen LogP contribution in [0, 0.1) is 0 Å². The molecule has 2 aromatic rings. The first-order valence-electron chi connectivity index (χ1n) is 6.07. The van der Waals surface area contributed by atoms with Gasteiger partial charge in [-0.15, -0.1) is 0 Å². The van der Waals surface area contributed by atoms with Crippen molar-refractivity contribution in [3.05, 3.63) is 46.5 Å². The van der Waals surface area contributed by atoms with E-state index < -0.39 is 11.3 Å². The van der Waals surface area contributed by atoms with Gasteiger partial charge in [0.15, 0.2) is 0 Å². The fourth-order valence-electron chi connectivity index (χ4n) is 2.24. The van der Waals surface area contributed by atoms with Crippen molar-refractivity contribution in [2.24, 2.45) is 5.73 Å². The molecule has 0 saturated carbocycles. The average molecular weight is 313 g/mol. The van der Waals surface area contributed by atoms with Crippen molar-refractivity contribution < 1.29 is 4.79 Å². The Labute approximate surface area is 126 Å². The average Bonchev–Trinajstić information content (AvgIpc) is 2.89. The number of aromatic nitrogens is 3. The lowest BCUT2D eigenvalue weighted by molar-refractivity contribution is -0.124. The zero-order valence-corrected chi connectivity index (χ0v) is 12.4. The summed E-state index contributed by atoms with van der Waals surface area (Å²) < 4.78 is 1.57. The zero-order chi connectivity index (χ0) is 14.8. The van der Waals surface area contributed by atoms with E-state index in [9.17, 15) is 4.79 Å². The Morgan fingerprint density at radius 3 is 2.70 bits per heavy atom. The van der Waals surface area contributed by atoms with Crippen molar-refractivity contribution in [3.63, 3.8) is 0 Å². The summed E-state index contributed by atoms with van der Waals surface area (Å²) in [5.41, 5.74) is 5.34. The molecule has 1 heterocycles. The highest BCUT2D eigenvalue weighted by atomic mass is 35.5. The number of primary amides is 1. The molecule has 5 nitrogen and oxygen atoms in total. The number of amides is 1. The second-order valence-corrected chi connectivity index (χ2v) is 5.36. The van der Waals surface area contributed by atoms with Crippen molar-refractivity contribution in [2.45, 2.75) is 25.3 Å². The molecule has 1 aromatic heterocycles. The summed E-state index contributed by atoms with van der Waals surface area (Å²) in [7, 11) is 0. The molecule has 0 saturated heterocycles. The smallest absolute Gasteiger partial charge is 0.230 e. The summed E-state index contributed by atoms with van der Waals surface area (Å²) in [4.78, 5) is 16.0. The third-order valence-electron chi connectivity index (χ3n) is 3.42. The third kappa shape index (κ3) is 2.64. The van der Waals surface area contributed by atoms with Gasteiger partial charge in [0.1, 0.15) is 12.7 Å². The molecule has 2 N–H and O–H groups in total. The van der Waals surface area contributed by atoms with Crippen LogP contribution in [0.2, 0.25) is 10.0 Å². The molecule has 2 rings (SSSR count). The van der Waals surface area contributed by atoms with Gasteiger partial charge in [0.25, 0.3) is 0 Å². The third-order valence-corrected chi connectivity index (χ3v) is 3.97. The Hall–Kier alpha value is -1.59. The van der Waals surface area contributed by atoms with E-state index in [0.29, 0.717) is 22.0 Å². The number of nitrogens with two attached hydrogens (primary N) is 1. The molecule has 0 fully saturated rings. The molecular formula is C13H14Cl2N4O. The van der Waals surface area contributed by atoms with Gasteiger partial charge in [-0.1, -0.05) is 36.2 Å². The van der Waals surface area contributed by atoms with E-state index in [0.717, 1.165) is 0 Å². The minimum absolute atomic E-state index is 0.278. The van der Waals surface area contributed by atoms with E-state index in [1.165, 1.54) is 12.7 Å². The summed E-state index contributed by atoms with van der Waals surface area (Å²) in [5, 5.41) is 4.96. The van der Waals surface area contributed by atoms with E-state index in [2.05, 4.69) is 10.1 Å². The summed E-state index contributed by atoms with van der Waals surface area (Å²) in [6, 6.07) is 5.03. The van der Waals surface area contributed by atoms with E-state index >= 15 is 0 Å². The monoisotopic (exact) mass is 312 g/mol. The first-order valence-corrected chi connectivity index (χ1v) is 6.83. The van der Waals surface area contributed by atoms with E-state index in [4.69, 9.17) is 28.9 Å². The van der Waals surface area contributed by atoms with E-state index in [1.807, 2.05) is 6.92 Å². The van der Waals surface area contributed by atoms with Crippen LogP contribution in [-0.4, -0.2) is 20.7 Å². The van der Waals surface area contributed by atoms with Gasteiger partial charge in [-0.05, 0) is 24.1 Å². The summed E-state index contributed by atoms with van der Waals surface area (Å²) in [6.45, 7) is 2.16. The standard InChI is InChI=1S/C13H14Cl2N4O/c1-2-13(12(16)20,6-19-8-17-7-18-19)10-4-3-9(14)5-11(10)15/h3-5,7-8H,2,6H2,1H3,(H2,16,20). The number of rotatable bonds is 5. The quantitative estimate of drug-likeness (QED) is 0.921. The molecule has 0 aliphatic rings. The normalized spacial score (nSPS) is 13.9. The van der Waals surface area contributed by atoms with Crippen LogP contribution in [0.25, 0.3) is 0 Å². The maximum absolute atomic E-state index is 12.1. The molecular weight excluding hydrogens is 299 g/mol. The molecule has 0 radical (unpaired) electrons. The Bertz CT molecular complexity index is 615. The lowest BCUT2D eigenvalue weighted by atomic mass is 9.77. The summed E-state index contributed by atoms with van der Waals surface area (Å²) in [6.07, 6.45) is 3.44. The van der Waals surface area contributed by atoms with Crippen molar-refractivity contribution in [3.8, 4) is 0 Å². The largest absolute Gasteiger partial charge is 0.369 e. The predicted molar refractivity (Wildman–Crippen MR) is 77.6 cm³/mol.